The highest BCUT2D eigenvalue weighted by atomic mass is 32.2. The summed E-state index contributed by atoms with van der Waals surface area (Å²) in [6, 6.07) is 0. The van der Waals surface area contributed by atoms with Crippen LogP contribution in [0.15, 0.2) is 36.4 Å². The normalized spacial score (nSPS) is 11.8. The molecule has 0 aliphatic rings. The van der Waals surface area contributed by atoms with E-state index in [2.05, 4.69) is 50.4 Å². The van der Waals surface area contributed by atoms with Gasteiger partial charge in [0.2, 0.25) is 0 Å². The molecular formula is C20H37NS. The maximum atomic E-state index is 4.03. The van der Waals surface area contributed by atoms with Crippen LogP contribution in [0.3, 0.4) is 0 Å². The fourth-order valence-electron chi connectivity index (χ4n) is 2.87. The van der Waals surface area contributed by atoms with Crippen LogP contribution < -0.4 is 0 Å². The van der Waals surface area contributed by atoms with E-state index in [4.69, 9.17) is 0 Å². The fraction of sp³-hybridized carbons (Fsp3) is 0.700. The highest BCUT2D eigenvalue weighted by molar-refractivity contribution is 8.04. The molecule has 0 saturated heterocycles. The third-order valence-corrected chi connectivity index (χ3v) is 4.83. The number of unbranched alkanes of at least 4 members (excludes halogenated alkanes) is 6. The monoisotopic (exact) mass is 323 g/mol. The molecule has 0 aromatic carbocycles. The predicted octanol–water partition coefficient (Wildman–Crippen LogP) is 7.48. The number of hydrogen-bond acceptors (Lipinski definition) is 2. The van der Waals surface area contributed by atoms with Crippen molar-refractivity contribution in [2.24, 2.45) is 0 Å². The summed E-state index contributed by atoms with van der Waals surface area (Å²) >= 11 is 1.63. The highest BCUT2D eigenvalue weighted by Crippen LogP contribution is 2.30. The van der Waals surface area contributed by atoms with Crippen molar-refractivity contribution < 1.29 is 0 Å². The molecule has 1 nitrogen and oxygen atoms in total. The van der Waals surface area contributed by atoms with E-state index in [1.54, 1.807) is 11.8 Å². The van der Waals surface area contributed by atoms with Gasteiger partial charge < -0.3 is 4.90 Å². The first-order valence-electron chi connectivity index (χ1n) is 8.98. The summed E-state index contributed by atoms with van der Waals surface area (Å²) in [5.74, 6) is 0. The Hall–Kier alpha value is -0.630. The van der Waals surface area contributed by atoms with Crippen LogP contribution in [-0.2, 0) is 0 Å². The largest absolute Gasteiger partial charge is 0.349 e. The molecule has 0 heterocycles. The summed E-state index contributed by atoms with van der Waals surface area (Å²) in [4.78, 5) is 2.32. The Morgan fingerprint density at radius 2 is 1.45 bits per heavy atom. The van der Waals surface area contributed by atoms with Crippen LogP contribution in [-0.4, -0.2) is 10.4 Å². The molecule has 0 aliphatic carbocycles. The number of thioether (sulfide) groups is 1. The molecule has 0 N–H and O–H groups in total. The lowest BCUT2D eigenvalue weighted by Crippen LogP contribution is -2.39. The van der Waals surface area contributed by atoms with Gasteiger partial charge in [0, 0.05) is 11.7 Å². The summed E-state index contributed by atoms with van der Waals surface area (Å²) < 4.78 is 0. The van der Waals surface area contributed by atoms with Crippen LogP contribution in [0.1, 0.15) is 85.0 Å². The van der Waals surface area contributed by atoms with E-state index in [9.17, 15) is 0 Å². The summed E-state index contributed by atoms with van der Waals surface area (Å²) in [5, 5.41) is 3.96. The van der Waals surface area contributed by atoms with E-state index >= 15 is 0 Å². The van der Waals surface area contributed by atoms with E-state index in [0.717, 1.165) is 0 Å². The molecule has 128 valence electrons. The molecule has 22 heavy (non-hydrogen) atoms. The van der Waals surface area contributed by atoms with Crippen molar-refractivity contribution in [1.82, 2.24) is 4.90 Å². The van der Waals surface area contributed by atoms with Gasteiger partial charge in [-0.05, 0) is 36.8 Å². The van der Waals surface area contributed by atoms with E-state index in [1.165, 1.54) is 64.2 Å². The van der Waals surface area contributed by atoms with Crippen molar-refractivity contribution in [3.05, 3.63) is 36.4 Å². The van der Waals surface area contributed by atoms with Gasteiger partial charge in [0.25, 0.3) is 0 Å². The van der Waals surface area contributed by atoms with Gasteiger partial charge in [-0.15, -0.1) is 11.8 Å². The topological polar surface area (TPSA) is 3.24 Å². The van der Waals surface area contributed by atoms with Crippen molar-refractivity contribution in [3.63, 3.8) is 0 Å². The Kier molecular flexibility index (Phi) is 13.6. The molecule has 0 spiro atoms. The smallest absolute Gasteiger partial charge is 0.0411 e. The van der Waals surface area contributed by atoms with E-state index < -0.39 is 0 Å². The Bertz CT molecular complexity index is 297. The number of hydrogen-bond donors (Lipinski definition) is 0. The molecule has 0 aromatic rings. The van der Waals surface area contributed by atoms with Crippen molar-refractivity contribution in [1.29, 1.82) is 0 Å². The molecule has 0 bridgehead atoms. The first-order valence-corrected chi connectivity index (χ1v) is 9.93. The van der Waals surface area contributed by atoms with Crippen LogP contribution >= 0.6 is 11.8 Å². The predicted molar refractivity (Wildman–Crippen MR) is 105 cm³/mol. The van der Waals surface area contributed by atoms with Gasteiger partial charge in [0.05, 0.1) is 0 Å². The zero-order valence-electron chi connectivity index (χ0n) is 15.2. The highest BCUT2D eigenvalue weighted by Gasteiger charge is 2.27. The van der Waals surface area contributed by atoms with Gasteiger partial charge in [-0.1, -0.05) is 78.4 Å². The molecule has 0 aliphatic heterocycles. The Morgan fingerprint density at radius 1 is 0.909 bits per heavy atom. The van der Waals surface area contributed by atoms with E-state index in [0.29, 0.717) is 0 Å². The zero-order chi connectivity index (χ0) is 16.7. The van der Waals surface area contributed by atoms with E-state index in [-0.39, 0.29) is 5.54 Å². The quantitative estimate of drug-likeness (QED) is 0.287. The minimum Gasteiger partial charge on any atom is -0.349 e. The lowest BCUT2D eigenvalue weighted by Gasteiger charge is -2.39. The third kappa shape index (κ3) is 9.40. The van der Waals surface area contributed by atoms with Gasteiger partial charge >= 0.3 is 0 Å². The SMILES string of the molecule is C=CS/C=C\N(C=C)C(C)(CCCCCC)CCCCCC. The first-order chi connectivity index (χ1) is 10.6. The van der Waals surface area contributed by atoms with Gasteiger partial charge in [-0.25, -0.2) is 0 Å². The van der Waals surface area contributed by atoms with Crippen LogP contribution in [0.5, 0.6) is 0 Å². The second-order valence-electron chi connectivity index (χ2n) is 6.30. The molecule has 0 amide bonds. The van der Waals surface area contributed by atoms with Gasteiger partial charge in [0.15, 0.2) is 0 Å². The van der Waals surface area contributed by atoms with Crippen LogP contribution in [0, 0.1) is 0 Å². The molecule has 0 rings (SSSR count). The number of rotatable bonds is 15. The summed E-state index contributed by atoms with van der Waals surface area (Å²) in [6.45, 7) is 14.7. The zero-order valence-corrected chi connectivity index (χ0v) is 16.0. The summed E-state index contributed by atoms with van der Waals surface area (Å²) in [5.41, 5.74) is 0.196. The molecule has 0 radical (unpaired) electrons. The fourth-order valence-corrected chi connectivity index (χ4v) is 3.18. The van der Waals surface area contributed by atoms with Gasteiger partial charge in [0.1, 0.15) is 0 Å². The minimum atomic E-state index is 0.196. The Morgan fingerprint density at radius 3 is 1.86 bits per heavy atom. The molecule has 0 aromatic heterocycles. The molecule has 2 heteroatoms. The number of nitrogens with zero attached hydrogens (tertiary/aromatic N) is 1. The Balaban J connectivity index is 4.68. The molecule has 0 unspecified atom stereocenters. The molecular weight excluding hydrogens is 286 g/mol. The van der Waals surface area contributed by atoms with Crippen molar-refractivity contribution >= 4 is 11.8 Å². The average molecular weight is 324 g/mol. The molecule has 0 fully saturated rings. The van der Waals surface area contributed by atoms with Gasteiger partial charge in [-0.3, -0.25) is 0 Å². The maximum absolute atomic E-state index is 4.03. The lowest BCUT2D eigenvalue weighted by molar-refractivity contribution is 0.184. The van der Waals surface area contributed by atoms with Crippen LogP contribution in [0.2, 0.25) is 0 Å². The standard InChI is InChI=1S/C20H37NS/c1-6-10-12-14-16-20(5,17-15-13-11-7-2)21(8-3)18-19-22-9-4/h8-9,18-19H,3-4,6-7,10-17H2,1-2,5H3/b19-18-. The van der Waals surface area contributed by atoms with Crippen LogP contribution in [0.25, 0.3) is 0 Å². The van der Waals surface area contributed by atoms with Crippen LogP contribution in [0.4, 0.5) is 0 Å². The summed E-state index contributed by atoms with van der Waals surface area (Å²) in [6.07, 6.45) is 17.2. The Labute approximate surface area is 143 Å². The second kappa shape index (κ2) is 14.0. The van der Waals surface area contributed by atoms with Gasteiger partial charge in [-0.2, -0.15) is 0 Å². The molecule has 0 saturated carbocycles. The van der Waals surface area contributed by atoms with Crippen molar-refractivity contribution in [2.75, 3.05) is 0 Å². The maximum Gasteiger partial charge on any atom is 0.0411 e. The average Bonchev–Trinajstić information content (AvgIpc) is 2.52. The summed E-state index contributed by atoms with van der Waals surface area (Å²) in [7, 11) is 0. The van der Waals surface area contributed by atoms with Crippen molar-refractivity contribution in [3.8, 4) is 0 Å². The third-order valence-electron chi connectivity index (χ3n) is 4.35. The first kappa shape index (κ1) is 21.4. The second-order valence-corrected chi connectivity index (χ2v) is 7.17. The lowest BCUT2D eigenvalue weighted by atomic mass is 9.87. The molecule has 0 atom stereocenters. The minimum absolute atomic E-state index is 0.196. The van der Waals surface area contributed by atoms with E-state index in [1.807, 2.05) is 11.6 Å². The van der Waals surface area contributed by atoms with Crippen molar-refractivity contribution in [2.45, 2.75) is 90.5 Å².